The predicted octanol–water partition coefficient (Wildman–Crippen LogP) is 3.77. The molecule has 1 amide bonds. The van der Waals surface area contributed by atoms with Gasteiger partial charge in [-0.25, -0.2) is 0 Å². The summed E-state index contributed by atoms with van der Waals surface area (Å²) in [6.07, 6.45) is 9.45. The van der Waals surface area contributed by atoms with Crippen LogP contribution in [0.3, 0.4) is 0 Å². The maximum atomic E-state index is 12.8. The lowest BCUT2D eigenvalue weighted by Gasteiger charge is -2.36. The zero-order chi connectivity index (χ0) is 24.1. The highest BCUT2D eigenvalue weighted by Crippen LogP contribution is 2.56. The third-order valence-electron chi connectivity index (χ3n) is 7.41. The number of nitrogens with one attached hydrogen (secondary N) is 2. The smallest absolute Gasteiger partial charge is 0.316 e. The van der Waals surface area contributed by atoms with Crippen molar-refractivity contribution in [2.45, 2.75) is 38.0 Å². The minimum atomic E-state index is -3.41. The lowest BCUT2D eigenvalue weighted by atomic mass is 9.83. The van der Waals surface area contributed by atoms with Crippen molar-refractivity contribution in [2.75, 3.05) is 32.5 Å². The summed E-state index contributed by atoms with van der Waals surface area (Å²) < 4.78 is 27.5. The van der Waals surface area contributed by atoms with Crippen molar-refractivity contribution in [3.05, 3.63) is 58.8 Å². The lowest BCUT2D eigenvalue weighted by molar-refractivity contribution is 0.101. The molecule has 0 atom stereocenters. The number of hydrogen-bond donors (Lipinski definition) is 2. The topological polar surface area (TPSA) is 103 Å². The highest BCUT2D eigenvalue weighted by atomic mass is 32.2. The van der Waals surface area contributed by atoms with E-state index in [2.05, 4.69) is 32.3 Å². The number of rotatable bonds is 4. The van der Waals surface area contributed by atoms with Gasteiger partial charge < -0.3 is 15.1 Å². The van der Waals surface area contributed by atoms with Gasteiger partial charge in [0.1, 0.15) is 0 Å². The lowest BCUT2D eigenvalue weighted by Crippen LogP contribution is -2.49. The monoisotopic (exact) mass is 480 g/mol. The fourth-order valence-electron chi connectivity index (χ4n) is 4.99. The largest absolute Gasteiger partial charge is 0.359 e. The highest BCUT2D eigenvalue weighted by molar-refractivity contribution is 7.86. The Kier molecular flexibility index (Phi) is 5.59. The maximum absolute atomic E-state index is 12.8. The first-order valence-corrected chi connectivity index (χ1v) is 12.9. The number of H-pyrrole nitrogens is 1. The zero-order valence-corrected chi connectivity index (χ0v) is 20.2. The standard InChI is InChI=1S/C24H28N6O3S/c1-25-21-13-26-22(28-21)23(31)27-20-5-4-17(18-14-29(2)34(32,33)30(3)15-18)12-19(20)16-6-8-24(9-7-16)10-11-24/h4-6,12-13,18H,7-11,14-15H2,2-3H3,(H,26,28)(H,27,31). The van der Waals surface area contributed by atoms with Gasteiger partial charge in [0, 0.05) is 50.6 Å². The second-order valence-electron chi connectivity index (χ2n) is 9.68. The van der Waals surface area contributed by atoms with Crippen LogP contribution in [0, 0.1) is 12.0 Å². The molecule has 1 aromatic carbocycles. The Bertz CT molecular complexity index is 1300. The van der Waals surface area contributed by atoms with Gasteiger partial charge in [-0.05, 0) is 60.8 Å². The molecule has 1 spiro atoms. The van der Waals surface area contributed by atoms with Gasteiger partial charge in [0.2, 0.25) is 0 Å². The molecule has 0 unspecified atom stereocenters. The summed E-state index contributed by atoms with van der Waals surface area (Å²) >= 11 is 0. The molecule has 1 saturated carbocycles. The minimum Gasteiger partial charge on any atom is -0.359 e. The number of carbonyl (C=O) groups is 1. The van der Waals surface area contributed by atoms with Crippen molar-refractivity contribution in [2.24, 2.45) is 5.41 Å². The number of hydrogen-bond acceptors (Lipinski definition) is 4. The van der Waals surface area contributed by atoms with Crippen LogP contribution in [0.25, 0.3) is 10.4 Å². The molecule has 178 valence electrons. The first-order valence-electron chi connectivity index (χ1n) is 11.5. The Labute approximate surface area is 199 Å². The fraction of sp³-hybridized carbons (Fsp3) is 0.458. The van der Waals surface area contributed by atoms with E-state index in [1.54, 1.807) is 14.1 Å². The minimum absolute atomic E-state index is 0.0206. The summed E-state index contributed by atoms with van der Waals surface area (Å²) in [4.78, 5) is 22.8. The number of imidazole rings is 1. The second-order valence-corrected chi connectivity index (χ2v) is 11.8. The Hall–Kier alpha value is -3.00. The number of nitrogens with zero attached hydrogens (tertiary/aromatic N) is 4. The van der Waals surface area contributed by atoms with Gasteiger partial charge in [-0.3, -0.25) is 4.79 Å². The van der Waals surface area contributed by atoms with Gasteiger partial charge >= 0.3 is 5.91 Å². The molecule has 0 bridgehead atoms. The van der Waals surface area contributed by atoms with E-state index >= 15 is 0 Å². The summed E-state index contributed by atoms with van der Waals surface area (Å²) in [5.41, 5.74) is 4.40. The van der Waals surface area contributed by atoms with E-state index in [4.69, 9.17) is 6.57 Å². The molecular weight excluding hydrogens is 452 g/mol. The van der Waals surface area contributed by atoms with Crippen molar-refractivity contribution in [1.29, 1.82) is 0 Å². The number of carbonyl (C=O) groups excluding carboxylic acids is 1. The Balaban J connectivity index is 1.47. The average Bonchev–Trinajstić information content (AvgIpc) is 3.39. The molecule has 2 N–H and O–H groups in total. The van der Waals surface area contributed by atoms with E-state index in [0.29, 0.717) is 24.2 Å². The Morgan fingerprint density at radius 3 is 2.56 bits per heavy atom. The van der Waals surface area contributed by atoms with E-state index in [1.807, 2.05) is 12.1 Å². The van der Waals surface area contributed by atoms with Crippen molar-refractivity contribution in [3.8, 4) is 0 Å². The summed E-state index contributed by atoms with van der Waals surface area (Å²) in [5, 5.41) is 2.97. The molecular formula is C24H28N6O3S. The van der Waals surface area contributed by atoms with Crippen LogP contribution in [0.5, 0.6) is 0 Å². The van der Waals surface area contributed by atoms with Gasteiger partial charge in [0.25, 0.3) is 21.9 Å². The second kappa shape index (κ2) is 8.34. The first-order chi connectivity index (χ1) is 16.2. The van der Waals surface area contributed by atoms with Gasteiger partial charge in [-0.2, -0.15) is 17.0 Å². The zero-order valence-electron chi connectivity index (χ0n) is 19.3. The van der Waals surface area contributed by atoms with Crippen LogP contribution in [0.2, 0.25) is 0 Å². The molecule has 2 fully saturated rings. The summed E-state index contributed by atoms with van der Waals surface area (Å²) in [6, 6.07) is 5.96. The van der Waals surface area contributed by atoms with Crippen LogP contribution in [-0.2, 0) is 10.2 Å². The fourth-order valence-corrected chi connectivity index (χ4v) is 6.20. The normalized spacial score (nSPS) is 22.2. The molecule has 34 heavy (non-hydrogen) atoms. The van der Waals surface area contributed by atoms with E-state index < -0.39 is 16.1 Å². The van der Waals surface area contributed by atoms with Crippen molar-refractivity contribution < 1.29 is 13.2 Å². The van der Waals surface area contributed by atoms with Crippen LogP contribution < -0.4 is 5.32 Å². The summed E-state index contributed by atoms with van der Waals surface area (Å²) in [7, 11) is -0.197. The number of aromatic amines is 1. The van der Waals surface area contributed by atoms with Crippen LogP contribution in [0.1, 0.15) is 59.8 Å². The molecule has 10 heteroatoms. The summed E-state index contributed by atoms with van der Waals surface area (Å²) in [5.74, 6) is -0.142. The predicted molar refractivity (Wildman–Crippen MR) is 130 cm³/mol. The van der Waals surface area contributed by atoms with E-state index in [1.165, 1.54) is 33.2 Å². The van der Waals surface area contributed by atoms with Crippen LogP contribution in [0.4, 0.5) is 11.5 Å². The molecule has 9 nitrogen and oxygen atoms in total. The van der Waals surface area contributed by atoms with Gasteiger partial charge in [0.15, 0.2) is 0 Å². The SMILES string of the molecule is [C-]#[N+]c1c[nH]c(C(=O)Nc2ccc(C3CN(C)S(=O)(=O)N(C)C3)cc2C2=CCC3(CC2)CC3)n1. The van der Waals surface area contributed by atoms with Crippen molar-refractivity contribution in [1.82, 2.24) is 18.6 Å². The molecule has 2 aromatic rings. The molecule has 2 heterocycles. The first kappa shape index (κ1) is 22.8. The molecule has 0 radical (unpaired) electrons. The molecule has 3 aliphatic rings. The molecule has 5 rings (SSSR count). The number of anilines is 1. The third kappa shape index (κ3) is 4.15. The van der Waals surface area contributed by atoms with Gasteiger partial charge in [0.05, 0.1) is 0 Å². The van der Waals surface area contributed by atoms with E-state index in [9.17, 15) is 13.2 Å². The average molecular weight is 481 g/mol. The molecule has 2 aliphatic carbocycles. The van der Waals surface area contributed by atoms with Crippen LogP contribution >= 0.6 is 0 Å². The molecule has 1 saturated heterocycles. The Morgan fingerprint density at radius 1 is 1.24 bits per heavy atom. The number of benzene rings is 1. The van der Waals surface area contributed by atoms with Crippen molar-refractivity contribution in [3.63, 3.8) is 0 Å². The highest BCUT2D eigenvalue weighted by Gasteiger charge is 2.43. The number of allylic oxidation sites excluding steroid dienone is 2. The van der Waals surface area contributed by atoms with E-state index in [0.717, 1.165) is 30.4 Å². The maximum Gasteiger partial charge on any atom is 0.316 e. The van der Waals surface area contributed by atoms with Crippen LogP contribution in [-0.4, -0.2) is 60.1 Å². The molecule has 1 aromatic heterocycles. The molecule has 1 aliphatic heterocycles. The number of amides is 1. The third-order valence-corrected chi connectivity index (χ3v) is 9.28. The van der Waals surface area contributed by atoms with Crippen LogP contribution in [0.15, 0.2) is 30.5 Å². The Morgan fingerprint density at radius 2 is 1.97 bits per heavy atom. The number of likely N-dealkylation sites (N-methyl/N-ethyl adjacent to an activating group) is 2. The summed E-state index contributed by atoms with van der Waals surface area (Å²) in [6.45, 7) is 7.87. The van der Waals surface area contributed by atoms with Crippen molar-refractivity contribution >= 4 is 33.2 Å². The van der Waals surface area contributed by atoms with Gasteiger partial charge in [-0.1, -0.05) is 23.7 Å². The van der Waals surface area contributed by atoms with E-state index in [-0.39, 0.29) is 17.6 Å². The van der Waals surface area contributed by atoms with Gasteiger partial charge in [-0.15, -0.1) is 0 Å². The number of aromatic nitrogens is 2. The quantitative estimate of drug-likeness (QED) is 0.651.